The second-order valence-corrected chi connectivity index (χ2v) is 5.65. The van der Waals surface area contributed by atoms with E-state index in [-0.39, 0.29) is 6.61 Å². The Morgan fingerprint density at radius 3 is 1.29 bits per heavy atom. The van der Waals surface area contributed by atoms with Gasteiger partial charge in [0, 0.05) is 6.61 Å². The summed E-state index contributed by atoms with van der Waals surface area (Å²) in [5.41, 5.74) is 2.90. The molecule has 2 aromatic carbocycles. The molecule has 0 heterocycles. The minimum Gasteiger partial charge on any atom is -0.397 e. The van der Waals surface area contributed by atoms with E-state index < -0.39 is 0 Å². The maximum atomic E-state index is 7.57. The van der Waals surface area contributed by atoms with Crippen LogP contribution in [0.2, 0.25) is 0 Å². The summed E-state index contributed by atoms with van der Waals surface area (Å²) < 4.78 is 0. The lowest BCUT2D eigenvalue weighted by Crippen LogP contribution is -2.13. The highest BCUT2D eigenvalue weighted by atomic mass is 16.2. The molecule has 0 amide bonds. The first-order valence-electron chi connectivity index (χ1n) is 7.86. The van der Waals surface area contributed by atoms with Gasteiger partial charge in [0.05, 0.1) is 0 Å². The molecule has 1 heteroatoms. The molecule has 21 heavy (non-hydrogen) atoms. The molecule has 0 aliphatic heterocycles. The van der Waals surface area contributed by atoms with Gasteiger partial charge in [-0.15, -0.1) is 0 Å². The number of aliphatic hydroxyl groups excluding tert-OH is 1. The summed E-state index contributed by atoms with van der Waals surface area (Å²) in [5.74, 6) is 1.43. The molecule has 1 N–H and O–H groups in total. The molecule has 0 aliphatic rings. The molecule has 2 unspecified atom stereocenters. The molecule has 2 rings (SSSR count). The first-order chi connectivity index (χ1) is 10.2. The van der Waals surface area contributed by atoms with Crippen molar-refractivity contribution in [3.05, 3.63) is 71.8 Å². The third-order valence-corrected chi connectivity index (χ3v) is 3.77. The maximum absolute atomic E-state index is 7.57. The Balaban J connectivity index is 0.000000677. The van der Waals surface area contributed by atoms with Gasteiger partial charge in [-0.1, -0.05) is 74.5 Å². The highest BCUT2D eigenvalue weighted by Crippen LogP contribution is 2.20. The summed E-state index contributed by atoms with van der Waals surface area (Å²) >= 11 is 0. The highest BCUT2D eigenvalue weighted by molar-refractivity contribution is 5.17. The second kappa shape index (κ2) is 10.2. The van der Waals surface area contributed by atoms with E-state index in [1.54, 1.807) is 6.92 Å². The van der Waals surface area contributed by atoms with Crippen LogP contribution in [-0.4, -0.2) is 11.7 Å². The van der Waals surface area contributed by atoms with Crippen molar-refractivity contribution in [2.75, 3.05) is 6.61 Å². The third-order valence-electron chi connectivity index (χ3n) is 3.77. The monoisotopic (exact) mass is 284 g/mol. The molecular weight excluding hydrogens is 256 g/mol. The van der Waals surface area contributed by atoms with Crippen molar-refractivity contribution in [3.8, 4) is 0 Å². The molecule has 1 nitrogen and oxygen atoms in total. The van der Waals surface area contributed by atoms with E-state index in [9.17, 15) is 0 Å². The molecular formula is C20H28O. The molecule has 0 radical (unpaired) electrons. The Bertz CT molecular complexity index is 418. The topological polar surface area (TPSA) is 20.2 Å². The van der Waals surface area contributed by atoms with E-state index in [2.05, 4.69) is 74.5 Å². The molecule has 2 atom stereocenters. The maximum Gasteiger partial charge on any atom is 0.0402 e. The van der Waals surface area contributed by atoms with Crippen LogP contribution in [0, 0.1) is 11.8 Å². The van der Waals surface area contributed by atoms with E-state index in [1.807, 2.05) is 0 Å². The highest BCUT2D eigenvalue weighted by Gasteiger charge is 2.13. The molecule has 114 valence electrons. The second-order valence-electron chi connectivity index (χ2n) is 5.65. The van der Waals surface area contributed by atoms with E-state index in [0.29, 0.717) is 11.8 Å². The fraction of sp³-hybridized carbons (Fsp3) is 0.400. The smallest absolute Gasteiger partial charge is 0.0402 e. The summed E-state index contributed by atoms with van der Waals surface area (Å²) in [5, 5.41) is 7.57. The first kappa shape index (κ1) is 17.5. The lowest BCUT2D eigenvalue weighted by Gasteiger charge is -2.20. The van der Waals surface area contributed by atoms with Crippen molar-refractivity contribution in [1.82, 2.24) is 0 Å². The van der Waals surface area contributed by atoms with E-state index in [4.69, 9.17) is 5.11 Å². The van der Waals surface area contributed by atoms with Gasteiger partial charge in [-0.3, -0.25) is 0 Å². The van der Waals surface area contributed by atoms with Gasteiger partial charge in [-0.2, -0.15) is 0 Å². The normalized spacial score (nSPS) is 13.0. The molecule has 0 saturated heterocycles. The molecule has 0 spiro atoms. The largest absolute Gasteiger partial charge is 0.397 e. The van der Waals surface area contributed by atoms with Gasteiger partial charge >= 0.3 is 0 Å². The Kier molecular flexibility index (Phi) is 8.45. The lowest BCUT2D eigenvalue weighted by atomic mass is 9.85. The third kappa shape index (κ3) is 7.10. The summed E-state index contributed by atoms with van der Waals surface area (Å²) in [6.07, 6.45) is 2.35. The van der Waals surface area contributed by atoms with Crippen LogP contribution in [0.25, 0.3) is 0 Å². The SMILES string of the molecule is CC(Cc1ccccc1)C(C)Cc1ccccc1.CCO. The Labute approximate surface area is 129 Å². The Morgan fingerprint density at radius 1 is 0.714 bits per heavy atom. The van der Waals surface area contributed by atoms with Crippen LogP contribution in [0.15, 0.2) is 60.7 Å². The van der Waals surface area contributed by atoms with Gasteiger partial charge in [-0.25, -0.2) is 0 Å². The van der Waals surface area contributed by atoms with Crippen molar-refractivity contribution in [1.29, 1.82) is 0 Å². The quantitative estimate of drug-likeness (QED) is 0.840. The van der Waals surface area contributed by atoms with Gasteiger partial charge in [0.15, 0.2) is 0 Å². The van der Waals surface area contributed by atoms with Gasteiger partial charge in [0.2, 0.25) is 0 Å². The van der Waals surface area contributed by atoms with Crippen molar-refractivity contribution < 1.29 is 5.11 Å². The predicted octanol–water partition coefficient (Wildman–Crippen LogP) is 4.74. The molecule has 0 bridgehead atoms. The van der Waals surface area contributed by atoms with Crippen molar-refractivity contribution >= 4 is 0 Å². The number of aliphatic hydroxyl groups is 1. The minimum absolute atomic E-state index is 0.250. The minimum atomic E-state index is 0.250. The number of hydrogen-bond acceptors (Lipinski definition) is 1. The van der Waals surface area contributed by atoms with Crippen molar-refractivity contribution in [2.24, 2.45) is 11.8 Å². The first-order valence-corrected chi connectivity index (χ1v) is 7.86. The van der Waals surface area contributed by atoms with Crippen LogP contribution in [0.3, 0.4) is 0 Å². The summed E-state index contributed by atoms with van der Waals surface area (Å²) in [6.45, 7) is 6.65. The standard InChI is InChI=1S/C18H22.C2H6O/c1-15(13-17-9-5-3-6-10-17)16(2)14-18-11-7-4-8-12-18;1-2-3/h3-12,15-16H,13-14H2,1-2H3;3H,2H2,1H3. The van der Waals surface area contributed by atoms with Crippen LogP contribution in [0.5, 0.6) is 0 Å². The molecule has 0 saturated carbocycles. The van der Waals surface area contributed by atoms with Crippen LogP contribution in [0.1, 0.15) is 31.9 Å². The zero-order valence-corrected chi connectivity index (χ0v) is 13.5. The Morgan fingerprint density at radius 2 is 1.00 bits per heavy atom. The van der Waals surface area contributed by atoms with Gasteiger partial charge in [0.25, 0.3) is 0 Å². The van der Waals surface area contributed by atoms with Crippen LogP contribution < -0.4 is 0 Å². The number of benzene rings is 2. The summed E-state index contributed by atoms with van der Waals surface area (Å²) in [7, 11) is 0. The molecule has 0 aromatic heterocycles. The van der Waals surface area contributed by atoms with E-state index in [1.165, 1.54) is 24.0 Å². The molecule has 2 aromatic rings. The van der Waals surface area contributed by atoms with Gasteiger partial charge < -0.3 is 5.11 Å². The Hall–Kier alpha value is -1.60. The summed E-state index contributed by atoms with van der Waals surface area (Å²) in [4.78, 5) is 0. The lowest BCUT2D eigenvalue weighted by molar-refractivity contribution is 0.318. The van der Waals surface area contributed by atoms with E-state index in [0.717, 1.165) is 0 Å². The molecule has 0 fully saturated rings. The average molecular weight is 284 g/mol. The van der Waals surface area contributed by atoms with Gasteiger partial charge in [-0.05, 0) is 42.7 Å². The fourth-order valence-electron chi connectivity index (χ4n) is 2.37. The number of rotatable bonds is 5. The van der Waals surface area contributed by atoms with E-state index >= 15 is 0 Å². The molecule has 0 aliphatic carbocycles. The van der Waals surface area contributed by atoms with Crippen molar-refractivity contribution in [3.63, 3.8) is 0 Å². The van der Waals surface area contributed by atoms with Crippen molar-refractivity contribution in [2.45, 2.75) is 33.6 Å². The van der Waals surface area contributed by atoms with Crippen LogP contribution in [-0.2, 0) is 12.8 Å². The number of hydrogen-bond donors (Lipinski definition) is 1. The zero-order chi connectivity index (χ0) is 15.5. The van der Waals surface area contributed by atoms with Gasteiger partial charge in [0.1, 0.15) is 0 Å². The predicted molar refractivity (Wildman–Crippen MR) is 91.4 cm³/mol. The average Bonchev–Trinajstić information content (AvgIpc) is 2.50. The fourth-order valence-corrected chi connectivity index (χ4v) is 2.37. The summed E-state index contributed by atoms with van der Waals surface area (Å²) in [6, 6.07) is 21.6. The van der Waals surface area contributed by atoms with Crippen LogP contribution in [0.4, 0.5) is 0 Å². The van der Waals surface area contributed by atoms with Crippen LogP contribution >= 0.6 is 0 Å². The zero-order valence-electron chi connectivity index (χ0n) is 13.5.